The fourth-order valence-corrected chi connectivity index (χ4v) is 2.84. The van der Waals surface area contributed by atoms with Crippen LogP contribution >= 0.6 is 12.2 Å². The molecule has 0 radical (unpaired) electrons. The van der Waals surface area contributed by atoms with Crippen molar-refractivity contribution in [2.24, 2.45) is 11.7 Å². The van der Waals surface area contributed by atoms with E-state index in [0.717, 1.165) is 12.8 Å². The van der Waals surface area contributed by atoms with Gasteiger partial charge in [-0.15, -0.1) is 0 Å². The Morgan fingerprint density at radius 1 is 1.32 bits per heavy atom. The van der Waals surface area contributed by atoms with Gasteiger partial charge in [0.15, 0.2) is 0 Å². The van der Waals surface area contributed by atoms with Crippen molar-refractivity contribution in [1.82, 2.24) is 5.32 Å². The van der Waals surface area contributed by atoms with Crippen LogP contribution in [0.3, 0.4) is 0 Å². The molecule has 1 aromatic rings. The molecule has 1 atom stereocenters. The third-order valence-electron chi connectivity index (χ3n) is 3.62. The molecule has 0 aliphatic heterocycles. The Bertz CT molecular complexity index is 511. The van der Waals surface area contributed by atoms with E-state index in [1.54, 1.807) is 0 Å². The van der Waals surface area contributed by atoms with Crippen molar-refractivity contribution in [3.05, 3.63) is 34.9 Å². The van der Waals surface area contributed by atoms with Crippen LogP contribution in [0.15, 0.2) is 18.2 Å². The molecular weight excluding hydrogens is 256 g/mol. The van der Waals surface area contributed by atoms with Gasteiger partial charge >= 0.3 is 0 Å². The van der Waals surface area contributed by atoms with Gasteiger partial charge in [0, 0.05) is 5.56 Å². The topological polar surface area (TPSA) is 55.1 Å². The van der Waals surface area contributed by atoms with E-state index in [4.69, 9.17) is 18.0 Å². The number of hydrogen-bond donors (Lipinski definition) is 2. The number of fused-ring (bicyclic) bond motifs is 1. The normalized spacial score (nSPS) is 15.1. The average Bonchev–Trinajstić information content (AvgIpc) is 2.81. The lowest BCUT2D eigenvalue weighted by molar-refractivity contribution is 0.0940. The Hall–Kier alpha value is -1.42. The lowest BCUT2D eigenvalue weighted by atomic mass is 10.0. The van der Waals surface area contributed by atoms with Gasteiger partial charge in [-0.2, -0.15) is 0 Å². The molecule has 3 nitrogen and oxygen atoms in total. The van der Waals surface area contributed by atoms with Crippen LogP contribution in [-0.4, -0.2) is 16.9 Å². The largest absolute Gasteiger partial charge is 0.392 e. The molecule has 0 fully saturated rings. The van der Waals surface area contributed by atoms with Gasteiger partial charge in [0.05, 0.1) is 11.0 Å². The highest BCUT2D eigenvalue weighted by atomic mass is 32.1. The summed E-state index contributed by atoms with van der Waals surface area (Å²) in [6.45, 7) is 3.99. The van der Waals surface area contributed by atoms with Crippen molar-refractivity contribution < 1.29 is 4.79 Å². The summed E-state index contributed by atoms with van der Waals surface area (Å²) in [5.74, 6) is 0.0945. The predicted molar refractivity (Wildman–Crippen MR) is 81.3 cm³/mol. The molecule has 2 rings (SSSR count). The lowest BCUT2D eigenvalue weighted by Crippen LogP contribution is -2.46. The van der Waals surface area contributed by atoms with Crippen LogP contribution < -0.4 is 11.1 Å². The Labute approximate surface area is 119 Å². The minimum absolute atomic E-state index is 0.0961. The van der Waals surface area contributed by atoms with Crippen LogP contribution in [0.5, 0.6) is 0 Å². The molecule has 1 aliphatic carbocycles. The van der Waals surface area contributed by atoms with Crippen molar-refractivity contribution in [3.8, 4) is 0 Å². The van der Waals surface area contributed by atoms with E-state index in [0.29, 0.717) is 10.6 Å². The molecule has 0 spiro atoms. The van der Waals surface area contributed by atoms with Gasteiger partial charge in [-0.1, -0.05) is 32.1 Å². The van der Waals surface area contributed by atoms with E-state index in [9.17, 15) is 4.79 Å². The fourth-order valence-electron chi connectivity index (χ4n) is 2.50. The summed E-state index contributed by atoms with van der Waals surface area (Å²) in [5.41, 5.74) is 9.03. The number of carbonyl (C=O) groups is 1. The van der Waals surface area contributed by atoms with Gasteiger partial charge in [-0.3, -0.25) is 4.79 Å². The molecule has 0 aromatic heterocycles. The van der Waals surface area contributed by atoms with Gasteiger partial charge in [0.1, 0.15) is 0 Å². The molecule has 19 heavy (non-hydrogen) atoms. The second-order valence-electron chi connectivity index (χ2n) is 5.43. The van der Waals surface area contributed by atoms with E-state index in [2.05, 4.69) is 11.4 Å². The van der Waals surface area contributed by atoms with Gasteiger partial charge in [0.25, 0.3) is 5.91 Å². The number of thiocarbonyl (C=S) groups is 1. The first kappa shape index (κ1) is 14.0. The highest BCUT2D eigenvalue weighted by Crippen LogP contribution is 2.22. The van der Waals surface area contributed by atoms with Crippen molar-refractivity contribution in [3.63, 3.8) is 0 Å². The Balaban J connectivity index is 2.13. The monoisotopic (exact) mass is 276 g/mol. The van der Waals surface area contributed by atoms with E-state index in [-0.39, 0.29) is 17.9 Å². The third-order valence-corrected chi connectivity index (χ3v) is 3.87. The molecule has 0 saturated heterocycles. The minimum atomic E-state index is -0.254. The second kappa shape index (κ2) is 5.70. The molecule has 102 valence electrons. The van der Waals surface area contributed by atoms with Crippen molar-refractivity contribution in [2.45, 2.75) is 39.2 Å². The first-order valence-corrected chi connectivity index (χ1v) is 7.12. The zero-order valence-corrected chi connectivity index (χ0v) is 12.2. The van der Waals surface area contributed by atoms with Gasteiger partial charge < -0.3 is 11.1 Å². The molecular formula is C15H20N2OS. The smallest absolute Gasteiger partial charge is 0.251 e. The summed E-state index contributed by atoms with van der Waals surface area (Å²) in [7, 11) is 0. The molecule has 4 heteroatoms. The van der Waals surface area contributed by atoms with Gasteiger partial charge in [-0.05, 0) is 48.4 Å². The first-order chi connectivity index (χ1) is 8.99. The highest BCUT2D eigenvalue weighted by Gasteiger charge is 2.20. The Morgan fingerprint density at radius 3 is 2.63 bits per heavy atom. The Kier molecular flexibility index (Phi) is 4.20. The molecule has 1 unspecified atom stereocenters. The number of amides is 1. The SMILES string of the molecule is CC(C)C(NC(=O)c1ccc2c(c1)CCC2)C(N)=S. The molecule has 0 heterocycles. The number of benzene rings is 1. The lowest BCUT2D eigenvalue weighted by Gasteiger charge is -2.21. The van der Waals surface area contributed by atoms with Gasteiger partial charge in [-0.25, -0.2) is 0 Å². The van der Waals surface area contributed by atoms with Crippen molar-refractivity contribution in [2.75, 3.05) is 0 Å². The summed E-state index contributed by atoms with van der Waals surface area (Å²) in [6, 6.07) is 5.68. The molecule has 0 bridgehead atoms. The van der Waals surface area contributed by atoms with Crippen molar-refractivity contribution in [1.29, 1.82) is 0 Å². The minimum Gasteiger partial charge on any atom is -0.392 e. The molecule has 1 aliphatic rings. The zero-order chi connectivity index (χ0) is 14.0. The Morgan fingerprint density at radius 2 is 2.00 bits per heavy atom. The summed E-state index contributed by atoms with van der Waals surface area (Å²) < 4.78 is 0. The van der Waals surface area contributed by atoms with E-state index in [1.165, 1.54) is 17.5 Å². The van der Waals surface area contributed by atoms with Gasteiger partial charge in [0.2, 0.25) is 0 Å². The predicted octanol–water partition coefficient (Wildman–Crippen LogP) is 2.22. The first-order valence-electron chi connectivity index (χ1n) is 6.71. The van der Waals surface area contributed by atoms with Crippen LogP contribution in [0, 0.1) is 5.92 Å². The van der Waals surface area contributed by atoms with E-state index >= 15 is 0 Å². The quantitative estimate of drug-likeness (QED) is 0.829. The number of nitrogens with two attached hydrogens (primary N) is 1. The molecule has 3 N–H and O–H groups in total. The third kappa shape index (κ3) is 3.13. The van der Waals surface area contributed by atoms with Crippen LogP contribution in [0.2, 0.25) is 0 Å². The maximum absolute atomic E-state index is 12.2. The number of carbonyl (C=O) groups excluding carboxylic acids is 1. The summed E-state index contributed by atoms with van der Waals surface area (Å²) >= 11 is 5.00. The molecule has 0 saturated carbocycles. The van der Waals surface area contributed by atoms with Crippen molar-refractivity contribution >= 4 is 23.1 Å². The van der Waals surface area contributed by atoms with Crippen LogP contribution in [-0.2, 0) is 12.8 Å². The summed E-state index contributed by atoms with van der Waals surface area (Å²) in [5, 5.41) is 2.92. The second-order valence-corrected chi connectivity index (χ2v) is 5.91. The standard InChI is InChI=1S/C15H20N2OS/c1-9(2)13(14(16)19)17-15(18)12-7-6-10-4-3-5-11(10)8-12/h6-9,13H,3-5H2,1-2H3,(H2,16,19)(H,17,18). The molecule has 1 amide bonds. The number of rotatable bonds is 4. The van der Waals surface area contributed by atoms with E-state index in [1.807, 2.05) is 26.0 Å². The maximum atomic E-state index is 12.2. The van der Waals surface area contributed by atoms with Crippen LogP contribution in [0.1, 0.15) is 41.8 Å². The number of hydrogen-bond acceptors (Lipinski definition) is 2. The van der Waals surface area contributed by atoms with E-state index < -0.39 is 0 Å². The van der Waals surface area contributed by atoms with Crippen LogP contribution in [0.25, 0.3) is 0 Å². The number of aryl methyl sites for hydroxylation is 2. The maximum Gasteiger partial charge on any atom is 0.251 e. The van der Waals surface area contributed by atoms with Crippen LogP contribution in [0.4, 0.5) is 0 Å². The highest BCUT2D eigenvalue weighted by molar-refractivity contribution is 7.80. The fraction of sp³-hybridized carbons (Fsp3) is 0.467. The summed E-state index contributed by atoms with van der Waals surface area (Å²) in [6.07, 6.45) is 3.38. The summed E-state index contributed by atoms with van der Waals surface area (Å²) in [4.78, 5) is 12.6. The zero-order valence-electron chi connectivity index (χ0n) is 11.4. The number of nitrogens with one attached hydrogen (secondary N) is 1. The average molecular weight is 276 g/mol. The molecule has 1 aromatic carbocycles.